The van der Waals surface area contributed by atoms with Crippen LogP contribution in [0.3, 0.4) is 0 Å². The number of nitrogens with one attached hydrogen (secondary N) is 1. The summed E-state index contributed by atoms with van der Waals surface area (Å²) >= 11 is 1.73. The second-order valence-corrected chi connectivity index (χ2v) is 5.92. The van der Waals surface area contributed by atoms with Gasteiger partial charge in [-0.3, -0.25) is 0 Å². The summed E-state index contributed by atoms with van der Waals surface area (Å²) in [4.78, 5) is 4.39. The Labute approximate surface area is 90.8 Å². The number of nitrogens with zero attached hydrogens (tertiary/aromatic N) is 1. The molecule has 0 saturated carbocycles. The number of hydrogen-bond donors (Lipinski definition) is 1. The molecule has 1 N–H and O–H groups in total. The first-order chi connectivity index (χ1) is 6.41. The third-order valence-corrected chi connectivity index (χ3v) is 2.90. The van der Waals surface area contributed by atoms with Crippen molar-refractivity contribution < 1.29 is 0 Å². The standard InChI is InChI=1S/C11H20N2S/c1-8(2)13-9(11(3,4)5)10-12-6-7-14-10/h6-9,13H,1-5H3. The third-order valence-electron chi connectivity index (χ3n) is 2.06. The maximum atomic E-state index is 4.39. The van der Waals surface area contributed by atoms with Gasteiger partial charge in [0.2, 0.25) is 0 Å². The summed E-state index contributed by atoms with van der Waals surface area (Å²) < 4.78 is 0. The van der Waals surface area contributed by atoms with Crippen molar-refractivity contribution >= 4 is 11.3 Å². The van der Waals surface area contributed by atoms with Crippen molar-refractivity contribution in [2.24, 2.45) is 5.41 Å². The first-order valence-corrected chi connectivity index (χ1v) is 5.94. The molecule has 1 atom stereocenters. The van der Waals surface area contributed by atoms with Crippen LogP contribution in [0.5, 0.6) is 0 Å². The molecule has 0 fully saturated rings. The Morgan fingerprint density at radius 2 is 2.00 bits per heavy atom. The van der Waals surface area contributed by atoms with Gasteiger partial charge in [-0.1, -0.05) is 34.6 Å². The van der Waals surface area contributed by atoms with Crippen molar-refractivity contribution in [1.29, 1.82) is 0 Å². The van der Waals surface area contributed by atoms with Crippen LogP contribution in [-0.2, 0) is 0 Å². The van der Waals surface area contributed by atoms with Gasteiger partial charge in [0, 0.05) is 17.6 Å². The Hall–Kier alpha value is -0.410. The minimum atomic E-state index is 0.210. The average Bonchev–Trinajstić information content (AvgIpc) is 2.49. The zero-order valence-electron chi connectivity index (χ0n) is 9.66. The highest BCUT2D eigenvalue weighted by atomic mass is 32.1. The fourth-order valence-electron chi connectivity index (χ4n) is 1.40. The summed E-state index contributed by atoms with van der Waals surface area (Å²) in [7, 11) is 0. The summed E-state index contributed by atoms with van der Waals surface area (Å²) in [6.45, 7) is 11.1. The molecular formula is C11H20N2S. The zero-order valence-corrected chi connectivity index (χ0v) is 10.5. The Morgan fingerprint density at radius 1 is 1.36 bits per heavy atom. The Morgan fingerprint density at radius 3 is 2.36 bits per heavy atom. The van der Waals surface area contributed by atoms with Crippen LogP contribution in [0.2, 0.25) is 0 Å². The lowest BCUT2D eigenvalue weighted by Crippen LogP contribution is -2.36. The van der Waals surface area contributed by atoms with E-state index in [4.69, 9.17) is 0 Å². The molecule has 80 valence electrons. The van der Waals surface area contributed by atoms with E-state index in [0.29, 0.717) is 12.1 Å². The molecule has 0 spiro atoms. The summed E-state index contributed by atoms with van der Waals surface area (Å²) in [6.07, 6.45) is 1.88. The fourth-order valence-corrected chi connectivity index (χ4v) is 2.34. The normalized spacial score (nSPS) is 14.7. The fraction of sp³-hybridized carbons (Fsp3) is 0.727. The summed E-state index contributed by atoms with van der Waals surface area (Å²) in [5.41, 5.74) is 0.210. The quantitative estimate of drug-likeness (QED) is 0.832. The molecule has 1 unspecified atom stereocenters. The SMILES string of the molecule is CC(C)NC(c1nccs1)C(C)(C)C. The average molecular weight is 212 g/mol. The molecule has 2 nitrogen and oxygen atoms in total. The molecule has 0 aliphatic heterocycles. The minimum Gasteiger partial charge on any atom is -0.305 e. The van der Waals surface area contributed by atoms with E-state index in [1.165, 1.54) is 5.01 Å². The van der Waals surface area contributed by atoms with Crippen molar-refractivity contribution in [3.05, 3.63) is 16.6 Å². The molecule has 0 saturated heterocycles. The van der Waals surface area contributed by atoms with E-state index in [1.54, 1.807) is 11.3 Å². The van der Waals surface area contributed by atoms with Gasteiger partial charge in [-0.05, 0) is 5.41 Å². The molecule has 0 amide bonds. The van der Waals surface area contributed by atoms with Crippen LogP contribution in [0.15, 0.2) is 11.6 Å². The van der Waals surface area contributed by atoms with Crippen molar-refractivity contribution in [3.8, 4) is 0 Å². The van der Waals surface area contributed by atoms with Gasteiger partial charge in [0.05, 0.1) is 6.04 Å². The molecule has 1 heterocycles. The lowest BCUT2D eigenvalue weighted by molar-refractivity contribution is 0.257. The molecule has 0 aliphatic rings. The molecule has 0 bridgehead atoms. The number of thiazole rings is 1. The topological polar surface area (TPSA) is 24.9 Å². The molecule has 0 radical (unpaired) electrons. The second kappa shape index (κ2) is 4.41. The van der Waals surface area contributed by atoms with Crippen molar-refractivity contribution in [2.75, 3.05) is 0 Å². The van der Waals surface area contributed by atoms with Crippen LogP contribution in [0, 0.1) is 5.41 Å². The molecule has 0 aromatic carbocycles. The summed E-state index contributed by atoms with van der Waals surface area (Å²) in [5, 5.41) is 6.79. The van der Waals surface area contributed by atoms with Crippen molar-refractivity contribution in [2.45, 2.75) is 46.7 Å². The zero-order chi connectivity index (χ0) is 10.8. The van der Waals surface area contributed by atoms with Gasteiger partial charge in [-0.2, -0.15) is 0 Å². The van der Waals surface area contributed by atoms with Gasteiger partial charge in [-0.25, -0.2) is 4.98 Å². The molecule has 1 aromatic heterocycles. The number of rotatable bonds is 3. The monoisotopic (exact) mass is 212 g/mol. The Balaban J connectivity index is 2.83. The lowest BCUT2D eigenvalue weighted by atomic mass is 9.86. The summed E-state index contributed by atoms with van der Waals surface area (Å²) in [5.74, 6) is 0. The minimum absolute atomic E-state index is 0.210. The largest absolute Gasteiger partial charge is 0.305 e. The predicted octanol–water partition coefficient (Wildman–Crippen LogP) is 3.23. The molecule has 0 aliphatic carbocycles. The van der Waals surface area contributed by atoms with Gasteiger partial charge in [0.15, 0.2) is 0 Å². The highest BCUT2D eigenvalue weighted by molar-refractivity contribution is 7.09. The smallest absolute Gasteiger partial charge is 0.110 e. The predicted molar refractivity (Wildman–Crippen MR) is 62.6 cm³/mol. The van der Waals surface area contributed by atoms with E-state index in [1.807, 2.05) is 11.6 Å². The first-order valence-electron chi connectivity index (χ1n) is 5.06. The molecule has 3 heteroatoms. The number of hydrogen-bond acceptors (Lipinski definition) is 3. The highest BCUT2D eigenvalue weighted by Gasteiger charge is 2.28. The highest BCUT2D eigenvalue weighted by Crippen LogP contribution is 2.33. The first kappa shape index (κ1) is 11.7. The van der Waals surface area contributed by atoms with Crippen LogP contribution in [0.25, 0.3) is 0 Å². The van der Waals surface area contributed by atoms with Gasteiger partial charge in [0.25, 0.3) is 0 Å². The van der Waals surface area contributed by atoms with Crippen LogP contribution in [-0.4, -0.2) is 11.0 Å². The Kier molecular flexibility index (Phi) is 3.67. The lowest BCUT2D eigenvalue weighted by Gasteiger charge is -2.31. The Bertz CT molecular complexity index is 259. The maximum Gasteiger partial charge on any atom is 0.110 e. The van der Waals surface area contributed by atoms with Gasteiger partial charge in [-0.15, -0.1) is 11.3 Å². The van der Waals surface area contributed by atoms with E-state index in [9.17, 15) is 0 Å². The molecule has 14 heavy (non-hydrogen) atoms. The van der Waals surface area contributed by atoms with Gasteiger partial charge in [0.1, 0.15) is 5.01 Å². The maximum absolute atomic E-state index is 4.39. The van der Waals surface area contributed by atoms with E-state index in [2.05, 4.69) is 44.9 Å². The van der Waals surface area contributed by atoms with E-state index in [0.717, 1.165) is 0 Å². The van der Waals surface area contributed by atoms with E-state index in [-0.39, 0.29) is 5.41 Å². The van der Waals surface area contributed by atoms with Crippen LogP contribution in [0.1, 0.15) is 45.7 Å². The molecule has 1 aromatic rings. The van der Waals surface area contributed by atoms with Crippen LogP contribution in [0.4, 0.5) is 0 Å². The van der Waals surface area contributed by atoms with E-state index >= 15 is 0 Å². The van der Waals surface area contributed by atoms with Gasteiger partial charge < -0.3 is 5.32 Å². The van der Waals surface area contributed by atoms with Crippen LogP contribution >= 0.6 is 11.3 Å². The molecule has 1 rings (SSSR count). The van der Waals surface area contributed by atoms with Gasteiger partial charge >= 0.3 is 0 Å². The van der Waals surface area contributed by atoms with Crippen LogP contribution < -0.4 is 5.32 Å². The van der Waals surface area contributed by atoms with E-state index < -0.39 is 0 Å². The molecular weight excluding hydrogens is 192 g/mol. The van der Waals surface area contributed by atoms with Crippen molar-refractivity contribution in [3.63, 3.8) is 0 Å². The van der Waals surface area contributed by atoms with Crippen molar-refractivity contribution in [1.82, 2.24) is 10.3 Å². The number of aromatic nitrogens is 1. The summed E-state index contributed by atoms with van der Waals surface area (Å²) in [6, 6.07) is 0.839. The third kappa shape index (κ3) is 3.07. The second-order valence-electron chi connectivity index (χ2n) is 4.99.